The smallest absolute Gasteiger partial charge is 0.294 e. The fourth-order valence-corrected chi connectivity index (χ4v) is 6.03. The summed E-state index contributed by atoms with van der Waals surface area (Å²) >= 11 is 0. The fraction of sp³-hybridized carbons (Fsp3) is 0.400. The first-order valence-electron chi connectivity index (χ1n) is 13.8. The van der Waals surface area contributed by atoms with Crippen molar-refractivity contribution in [1.29, 1.82) is 0 Å². The monoisotopic (exact) mass is 650 g/mol. The molecule has 0 aliphatic heterocycles. The van der Waals surface area contributed by atoms with Crippen LogP contribution in [-0.4, -0.2) is 124 Å². The average molecular weight is 651 g/mol. The van der Waals surface area contributed by atoms with E-state index in [1.54, 1.807) is 12.1 Å². The number of anilines is 2. The zero-order valence-electron chi connectivity index (χ0n) is 26.0. The summed E-state index contributed by atoms with van der Waals surface area (Å²) in [4.78, 5) is 4.16. The van der Waals surface area contributed by atoms with Crippen molar-refractivity contribution in [2.45, 2.75) is 44.6 Å². The molecule has 226 valence electrons. The van der Waals surface area contributed by atoms with Crippen molar-refractivity contribution in [2.24, 2.45) is 0 Å². The van der Waals surface area contributed by atoms with Gasteiger partial charge in [-0.2, -0.15) is 16.8 Å². The van der Waals surface area contributed by atoms with Crippen molar-refractivity contribution in [2.75, 3.05) is 48.3 Å². The first-order chi connectivity index (χ1) is 19.4. The van der Waals surface area contributed by atoms with Gasteiger partial charge in [0.25, 0.3) is 20.2 Å². The Bertz CT molecular complexity index is 1420. The summed E-state index contributed by atoms with van der Waals surface area (Å²) in [5.41, 5.74) is 2.87. The van der Waals surface area contributed by atoms with Crippen molar-refractivity contribution in [3.8, 4) is 0 Å². The molecule has 3 aromatic carbocycles. The molecule has 2 radical (unpaired) electrons. The first-order valence-corrected chi connectivity index (χ1v) is 16.8. The SMILES string of the molecule is CCN(CC)c1ccc(C(OCCCS(=O)(=O)O)(c2ccc(N(CC)CC)cc2)c2ccc(S(=O)(=O)O)cc2)cc1.[Na].[Na]. The molecule has 3 aromatic rings. The topological polar surface area (TPSA) is 124 Å². The zero-order chi connectivity index (χ0) is 30.3. The van der Waals surface area contributed by atoms with E-state index in [1.165, 1.54) is 12.1 Å². The first kappa shape index (κ1) is 40.1. The van der Waals surface area contributed by atoms with E-state index in [1.807, 2.05) is 48.5 Å². The summed E-state index contributed by atoms with van der Waals surface area (Å²) < 4.78 is 71.9. The minimum atomic E-state index is -4.42. The van der Waals surface area contributed by atoms with Crippen molar-refractivity contribution >= 4 is 90.7 Å². The third-order valence-corrected chi connectivity index (χ3v) is 8.90. The Morgan fingerprint density at radius 2 is 0.977 bits per heavy atom. The van der Waals surface area contributed by atoms with Gasteiger partial charge in [-0.05, 0) is 87.2 Å². The maximum absolute atomic E-state index is 11.8. The minimum Gasteiger partial charge on any atom is -0.372 e. The Morgan fingerprint density at radius 1 is 0.628 bits per heavy atom. The Labute approximate surface area is 301 Å². The van der Waals surface area contributed by atoms with Crippen molar-refractivity contribution in [3.63, 3.8) is 0 Å². The molecule has 0 amide bonds. The van der Waals surface area contributed by atoms with Crippen molar-refractivity contribution in [1.82, 2.24) is 0 Å². The van der Waals surface area contributed by atoms with Crippen LogP contribution in [0.2, 0.25) is 0 Å². The Hall–Kier alpha value is -0.960. The van der Waals surface area contributed by atoms with Gasteiger partial charge in [-0.3, -0.25) is 9.11 Å². The van der Waals surface area contributed by atoms with Crippen LogP contribution >= 0.6 is 0 Å². The maximum atomic E-state index is 11.8. The number of ether oxygens (including phenoxy) is 1. The molecule has 3 rings (SSSR count). The second-order valence-electron chi connectivity index (χ2n) is 9.61. The molecule has 0 saturated heterocycles. The van der Waals surface area contributed by atoms with Gasteiger partial charge >= 0.3 is 0 Å². The molecule has 0 aromatic heterocycles. The second kappa shape index (κ2) is 17.7. The standard InChI is InChI=1S/C30H40N2O7S2.2Na/c1-5-31(6-2)27-16-10-24(11-17-27)30(39-22-9-23-40(33,34)35,26-14-20-29(21-15-26)41(36,37)38)25-12-18-28(19-13-25)32(7-3)8-4;;/h10-21H,5-9,22-23H2,1-4H3,(H,33,34,35)(H,36,37,38);;. The molecule has 0 saturated carbocycles. The van der Waals surface area contributed by atoms with Crippen LogP contribution in [0.4, 0.5) is 11.4 Å². The van der Waals surface area contributed by atoms with E-state index in [-0.39, 0.29) is 77.0 Å². The van der Waals surface area contributed by atoms with Crippen LogP contribution in [0.25, 0.3) is 0 Å². The molecule has 13 heteroatoms. The Kier molecular flexibility index (Phi) is 16.5. The third kappa shape index (κ3) is 10.3. The molecule has 0 atom stereocenters. The molecule has 0 unspecified atom stereocenters. The van der Waals surface area contributed by atoms with Crippen LogP contribution in [0.1, 0.15) is 50.8 Å². The largest absolute Gasteiger partial charge is 0.372 e. The van der Waals surface area contributed by atoms with Gasteiger partial charge in [-0.15, -0.1) is 0 Å². The fourth-order valence-electron chi connectivity index (χ4n) is 5.07. The summed E-state index contributed by atoms with van der Waals surface area (Å²) in [6, 6.07) is 21.6. The van der Waals surface area contributed by atoms with E-state index in [9.17, 15) is 25.9 Å². The molecule has 2 N–H and O–H groups in total. The molecule has 0 fully saturated rings. The van der Waals surface area contributed by atoms with E-state index < -0.39 is 31.6 Å². The summed E-state index contributed by atoms with van der Waals surface area (Å²) in [7, 11) is -8.61. The van der Waals surface area contributed by atoms with Crippen LogP contribution in [0.3, 0.4) is 0 Å². The molecule has 0 bridgehead atoms. The van der Waals surface area contributed by atoms with E-state index in [2.05, 4.69) is 37.5 Å². The molecule has 0 heterocycles. The van der Waals surface area contributed by atoms with Gasteiger partial charge in [0.2, 0.25) is 0 Å². The molecule has 0 aliphatic rings. The van der Waals surface area contributed by atoms with Gasteiger partial charge < -0.3 is 14.5 Å². The maximum Gasteiger partial charge on any atom is 0.294 e. The average Bonchev–Trinajstić information content (AvgIpc) is 2.95. The molecule has 0 aliphatic carbocycles. The van der Waals surface area contributed by atoms with Gasteiger partial charge in [-0.1, -0.05) is 36.4 Å². The van der Waals surface area contributed by atoms with Crippen LogP contribution in [0.5, 0.6) is 0 Å². The van der Waals surface area contributed by atoms with Gasteiger partial charge in [0, 0.05) is 103 Å². The van der Waals surface area contributed by atoms with E-state index >= 15 is 0 Å². The molecular weight excluding hydrogens is 610 g/mol. The number of rotatable bonds is 15. The summed E-state index contributed by atoms with van der Waals surface area (Å²) in [6.45, 7) is 11.6. The molecular formula is C30H40N2Na2O7S2. The van der Waals surface area contributed by atoms with Crippen LogP contribution in [-0.2, 0) is 30.6 Å². The second-order valence-corrected chi connectivity index (χ2v) is 12.6. The summed E-state index contributed by atoms with van der Waals surface area (Å²) in [6.07, 6.45) is 0.0404. The van der Waals surface area contributed by atoms with Crippen molar-refractivity contribution in [3.05, 3.63) is 89.5 Å². The predicted molar refractivity (Wildman–Crippen MR) is 175 cm³/mol. The molecule has 0 spiro atoms. The van der Waals surface area contributed by atoms with Gasteiger partial charge in [0.1, 0.15) is 5.60 Å². The normalized spacial score (nSPS) is 11.8. The molecule has 9 nitrogen and oxygen atoms in total. The van der Waals surface area contributed by atoms with Crippen molar-refractivity contribution < 1.29 is 30.7 Å². The quantitative estimate of drug-likeness (QED) is 0.106. The predicted octanol–water partition coefficient (Wildman–Crippen LogP) is 4.45. The Balaban J connectivity index is 0.00000462. The molecule has 43 heavy (non-hydrogen) atoms. The van der Waals surface area contributed by atoms with Crippen LogP contribution in [0, 0.1) is 0 Å². The van der Waals surface area contributed by atoms with Crippen LogP contribution < -0.4 is 9.80 Å². The van der Waals surface area contributed by atoms with Crippen LogP contribution in [0.15, 0.2) is 77.7 Å². The minimum absolute atomic E-state index is 0. The summed E-state index contributed by atoms with van der Waals surface area (Å²) in [5.74, 6) is -0.466. The Morgan fingerprint density at radius 3 is 1.28 bits per heavy atom. The van der Waals surface area contributed by atoms with Gasteiger partial charge in [-0.25, -0.2) is 0 Å². The number of hydrogen-bond acceptors (Lipinski definition) is 7. The number of hydrogen-bond donors (Lipinski definition) is 2. The van der Waals surface area contributed by atoms with E-state index in [0.29, 0.717) is 5.56 Å². The summed E-state index contributed by atoms with van der Waals surface area (Å²) in [5, 5.41) is 0. The van der Waals surface area contributed by atoms with Gasteiger partial charge in [0.15, 0.2) is 0 Å². The van der Waals surface area contributed by atoms with E-state index in [4.69, 9.17) is 4.74 Å². The zero-order valence-corrected chi connectivity index (χ0v) is 31.7. The van der Waals surface area contributed by atoms with E-state index in [0.717, 1.165) is 48.7 Å². The van der Waals surface area contributed by atoms with Gasteiger partial charge in [0.05, 0.1) is 10.6 Å². The number of nitrogens with zero attached hydrogens (tertiary/aromatic N) is 2. The number of benzene rings is 3. The third-order valence-electron chi connectivity index (χ3n) is 7.23.